The molecule has 3 nitrogen and oxygen atoms in total. The fourth-order valence-electron chi connectivity index (χ4n) is 1.14. The standard InChI is InChI=1S/C11H13BrFNO2S2/c1-2-6-17-7-5-14-18(15,16)9-3-4-10(12)11(13)8-9/h2-4,8,14H,1,5-7H2. The maximum absolute atomic E-state index is 13.2. The number of benzene rings is 1. The van der Waals surface area contributed by atoms with Gasteiger partial charge in [0.2, 0.25) is 10.0 Å². The van der Waals surface area contributed by atoms with Gasteiger partial charge in [0, 0.05) is 18.1 Å². The third kappa shape index (κ3) is 4.72. The van der Waals surface area contributed by atoms with E-state index in [2.05, 4.69) is 27.2 Å². The van der Waals surface area contributed by atoms with E-state index in [1.807, 2.05) is 0 Å². The predicted octanol–water partition coefficient (Wildman–Crippen LogP) is 2.79. The van der Waals surface area contributed by atoms with Crippen LogP contribution in [0.1, 0.15) is 0 Å². The van der Waals surface area contributed by atoms with E-state index >= 15 is 0 Å². The number of nitrogens with one attached hydrogen (secondary N) is 1. The average molecular weight is 354 g/mol. The summed E-state index contributed by atoms with van der Waals surface area (Å²) in [4.78, 5) is -0.0723. The van der Waals surface area contributed by atoms with Gasteiger partial charge in [0.05, 0.1) is 9.37 Å². The van der Waals surface area contributed by atoms with E-state index in [1.54, 1.807) is 17.8 Å². The second-order valence-corrected chi connectivity index (χ2v) is 7.11. The van der Waals surface area contributed by atoms with Gasteiger partial charge in [0.25, 0.3) is 0 Å². The molecule has 0 aliphatic rings. The number of hydrogen-bond donors (Lipinski definition) is 1. The second kappa shape index (κ2) is 7.28. The largest absolute Gasteiger partial charge is 0.240 e. The highest BCUT2D eigenvalue weighted by Gasteiger charge is 2.14. The van der Waals surface area contributed by atoms with Crippen LogP contribution in [-0.2, 0) is 10.0 Å². The molecule has 0 spiro atoms. The molecule has 0 radical (unpaired) electrons. The number of hydrogen-bond acceptors (Lipinski definition) is 3. The third-order valence-electron chi connectivity index (χ3n) is 1.98. The molecule has 18 heavy (non-hydrogen) atoms. The Morgan fingerprint density at radius 1 is 1.50 bits per heavy atom. The fraction of sp³-hybridized carbons (Fsp3) is 0.273. The van der Waals surface area contributed by atoms with Crippen molar-refractivity contribution < 1.29 is 12.8 Å². The topological polar surface area (TPSA) is 46.2 Å². The number of rotatable bonds is 7. The molecule has 0 heterocycles. The van der Waals surface area contributed by atoms with Crippen molar-refractivity contribution in [2.75, 3.05) is 18.1 Å². The van der Waals surface area contributed by atoms with Crippen molar-refractivity contribution in [3.63, 3.8) is 0 Å². The molecule has 0 bridgehead atoms. The summed E-state index contributed by atoms with van der Waals surface area (Å²) in [6, 6.07) is 3.71. The van der Waals surface area contributed by atoms with Gasteiger partial charge in [0.15, 0.2) is 0 Å². The average Bonchev–Trinajstić information content (AvgIpc) is 2.32. The minimum Gasteiger partial charge on any atom is -0.210 e. The number of halogens is 2. The zero-order chi connectivity index (χ0) is 13.6. The molecule has 0 aromatic heterocycles. The summed E-state index contributed by atoms with van der Waals surface area (Å²) in [7, 11) is -3.64. The zero-order valence-electron chi connectivity index (χ0n) is 9.53. The Bertz CT molecular complexity index is 520. The van der Waals surface area contributed by atoms with E-state index in [1.165, 1.54) is 12.1 Å². The molecule has 0 amide bonds. The Morgan fingerprint density at radius 3 is 2.83 bits per heavy atom. The highest BCUT2D eigenvalue weighted by atomic mass is 79.9. The Morgan fingerprint density at radius 2 is 2.22 bits per heavy atom. The van der Waals surface area contributed by atoms with Crippen molar-refractivity contribution in [2.45, 2.75) is 4.90 Å². The molecule has 0 atom stereocenters. The van der Waals surface area contributed by atoms with E-state index < -0.39 is 15.8 Å². The lowest BCUT2D eigenvalue weighted by Crippen LogP contribution is -2.26. The fourth-order valence-corrected chi connectivity index (χ4v) is 3.14. The van der Waals surface area contributed by atoms with Gasteiger partial charge in [-0.3, -0.25) is 0 Å². The van der Waals surface area contributed by atoms with Crippen LogP contribution in [0.25, 0.3) is 0 Å². The first-order chi connectivity index (χ1) is 8.47. The van der Waals surface area contributed by atoms with Gasteiger partial charge in [0.1, 0.15) is 5.82 Å². The van der Waals surface area contributed by atoms with E-state index in [0.717, 1.165) is 11.8 Å². The van der Waals surface area contributed by atoms with Gasteiger partial charge < -0.3 is 0 Å². The lowest BCUT2D eigenvalue weighted by atomic mass is 10.3. The molecule has 1 N–H and O–H groups in total. The molecule has 1 aromatic rings. The first-order valence-corrected chi connectivity index (χ1v) is 8.54. The van der Waals surface area contributed by atoms with Crippen LogP contribution in [0.2, 0.25) is 0 Å². The van der Waals surface area contributed by atoms with Crippen LogP contribution in [0, 0.1) is 5.82 Å². The van der Waals surface area contributed by atoms with E-state index in [-0.39, 0.29) is 9.37 Å². The summed E-state index contributed by atoms with van der Waals surface area (Å²) in [6.45, 7) is 3.87. The monoisotopic (exact) mass is 353 g/mol. The Kier molecular flexibility index (Phi) is 6.34. The van der Waals surface area contributed by atoms with Crippen molar-refractivity contribution in [2.24, 2.45) is 0 Å². The molecule has 100 valence electrons. The Labute approximate surface area is 119 Å². The molecule has 0 aliphatic heterocycles. The van der Waals surface area contributed by atoms with Crippen molar-refractivity contribution in [1.82, 2.24) is 4.72 Å². The van der Waals surface area contributed by atoms with Gasteiger partial charge in [-0.05, 0) is 34.1 Å². The molecular formula is C11H13BrFNO2S2. The summed E-state index contributed by atoms with van der Waals surface area (Å²) < 4.78 is 39.5. The Hall–Kier alpha value is -0.370. The van der Waals surface area contributed by atoms with Crippen LogP contribution >= 0.6 is 27.7 Å². The van der Waals surface area contributed by atoms with Crippen LogP contribution in [-0.4, -0.2) is 26.5 Å². The van der Waals surface area contributed by atoms with Crippen LogP contribution < -0.4 is 4.72 Å². The van der Waals surface area contributed by atoms with Gasteiger partial charge >= 0.3 is 0 Å². The lowest BCUT2D eigenvalue weighted by molar-refractivity contribution is 0.579. The third-order valence-corrected chi connectivity index (χ3v) is 5.04. The molecule has 0 unspecified atom stereocenters. The lowest BCUT2D eigenvalue weighted by Gasteiger charge is -2.06. The summed E-state index contributed by atoms with van der Waals surface area (Å²) in [5, 5.41) is 0. The molecule has 0 saturated heterocycles. The van der Waals surface area contributed by atoms with Gasteiger partial charge in [-0.25, -0.2) is 17.5 Å². The van der Waals surface area contributed by atoms with E-state index in [0.29, 0.717) is 12.3 Å². The van der Waals surface area contributed by atoms with Crippen LogP contribution in [0.4, 0.5) is 4.39 Å². The molecule has 1 rings (SSSR count). The van der Waals surface area contributed by atoms with Crippen molar-refractivity contribution in [1.29, 1.82) is 0 Å². The summed E-state index contributed by atoms with van der Waals surface area (Å²) >= 11 is 4.54. The molecule has 1 aromatic carbocycles. The van der Waals surface area contributed by atoms with Crippen molar-refractivity contribution >= 4 is 37.7 Å². The molecule has 0 fully saturated rings. The SMILES string of the molecule is C=CCSCCNS(=O)(=O)c1ccc(Br)c(F)c1. The van der Waals surface area contributed by atoms with Crippen LogP contribution in [0.3, 0.4) is 0 Å². The van der Waals surface area contributed by atoms with E-state index in [9.17, 15) is 12.8 Å². The van der Waals surface area contributed by atoms with Gasteiger partial charge in [-0.15, -0.1) is 6.58 Å². The number of sulfonamides is 1. The molecular weight excluding hydrogens is 341 g/mol. The van der Waals surface area contributed by atoms with E-state index in [4.69, 9.17) is 0 Å². The maximum Gasteiger partial charge on any atom is 0.240 e. The van der Waals surface area contributed by atoms with Crippen molar-refractivity contribution in [3.8, 4) is 0 Å². The highest BCUT2D eigenvalue weighted by Crippen LogP contribution is 2.19. The minimum atomic E-state index is -3.64. The second-order valence-electron chi connectivity index (χ2n) is 3.34. The summed E-state index contributed by atoms with van der Waals surface area (Å²) in [5.41, 5.74) is 0. The normalized spacial score (nSPS) is 11.4. The smallest absolute Gasteiger partial charge is 0.210 e. The molecule has 0 aliphatic carbocycles. The first-order valence-electron chi connectivity index (χ1n) is 5.10. The van der Waals surface area contributed by atoms with Crippen LogP contribution in [0.15, 0.2) is 40.2 Å². The van der Waals surface area contributed by atoms with Gasteiger partial charge in [-0.1, -0.05) is 6.08 Å². The zero-order valence-corrected chi connectivity index (χ0v) is 12.7. The Balaban J connectivity index is 2.62. The summed E-state index contributed by atoms with van der Waals surface area (Å²) in [5.74, 6) is 0.817. The van der Waals surface area contributed by atoms with Crippen molar-refractivity contribution in [3.05, 3.63) is 41.1 Å². The van der Waals surface area contributed by atoms with Crippen LogP contribution in [0.5, 0.6) is 0 Å². The minimum absolute atomic E-state index is 0.0723. The van der Waals surface area contributed by atoms with Gasteiger partial charge in [-0.2, -0.15) is 11.8 Å². The molecule has 0 saturated carbocycles. The quantitative estimate of drug-likeness (QED) is 0.605. The highest BCUT2D eigenvalue weighted by molar-refractivity contribution is 9.10. The number of thioether (sulfide) groups is 1. The first kappa shape index (κ1) is 15.7. The molecule has 7 heteroatoms. The summed E-state index contributed by atoms with van der Waals surface area (Å²) in [6.07, 6.45) is 1.75. The predicted molar refractivity (Wildman–Crippen MR) is 76.8 cm³/mol. The maximum atomic E-state index is 13.2.